The Morgan fingerprint density at radius 1 is 1.03 bits per heavy atom. The zero-order valence-corrected chi connectivity index (χ0v) is 18.4. The molecule has 8 nitrogen and oxygen atoms in total. The van der Waals surface area contributed by atoms with Gasteiger partial charge in [0.15, 0.2) is 6.29 Å². The van der Waals surface area contributed by atoms with Gasteiger partial charge in [0, 0.05) is 29.1 Å². The number of H-pyrrole nitrogens is 1. The number of nitrogens with zero attached hydrogens (tertiary/aromatic N) is 5. The van der Waals surface area contributed by atoms with E-state index < -0.39 is 0 Å². The number of aryl methyl sites for hydroxylation is 1. The minimum absolute atomic E-state index is 0.107. The standard InChI is InChI=1S/C24H26N8/c1-4-18-13-21-15(2)26-24(25-3)27-23(21)32(18)14-16-9-11-17(12-10-16)19-7-5-6-8-20(19)22-28-30-31-29-22/h5-13,24-25,27H,4,14H2,1-3H3,(H,28,29,30,31). The molecule has 0 aliphatic carbocycles. The monoisotopic (exact) mass is 426 g/mol. The summed E-state index contributed by atoms with van der Waals surface area (Å²) in [5, 5.41) is 21.3. The summed E-state index contributed by atoms with van der Waals surface area (Å²) in [7, 11) is 1.92. The molecular formula is C24H26N8. The van der Waals surface area contributed by atoms with E-state index in [1.54, 1.807) is 0 Å². The fourth-order valence-corrected chi connectivity index (χ4v) is 4.25. The SMILES string of the molecule is CCc1cc2c(n1Cc1ccc(-c3ccccc3-c3nn[nH]n3)cc1)NC(NC)N=C2C. The lowest BCUT2D eigenvalue weighted by molar-refractivity contribution is 0.634. The predicted molar refractivity (Wildman–Crippen MR) is 127 cm³/mol. The third-order valence-corrected chi connectivity index (χ3v) is 5.92. The molecule has 0 radical (unpaired) electrons. The Kier molecular flexibility index (Phi) is 5.28. The predicted octanol–water partition coefficient (Wildman–Crippen LogP) is 3.68. The highest BCUT2D eigenvalue weighted by atomic mass is 15.5. The van der Waals surface area contributed by atoms with Gasteiger partial charge in [0.25, 0.3) is 0 Å². The molecule has 8 heteroatoms. The van der Waals surface area contributed by atoms with Crippen molar-refractivity contribution in [3.8, 4) is 22.5 Å². The number of hydrogen-bond donors (Lipinski definition) is 3. The van der Waals surface area contributed by atoms with Crippen molar-refractivity contribution in [1.29, 1.82) is 0 Å². The first-order chi connectivity index (χ1) is 15.7. The molecule has 5 rings (SSSR count). The average molecular weight is 427 g/mol. The summed E-state index contributed by atoms with van der Waals surface area (Å²) >= 11 is 0. The lowest BCUT2D eigenvalue weighted by Gasteiger charge is -2.24. The molecule has 4 aromatic rings. The highest BCUT2D eigenvalue weighted by Crippen LogP contribution is 2.31. The molecule has 1 aliphatic heterocycles. The van der Waals surface area contributed by atoms with Crippen molar-refractivity contribution in [2.75, 3.05) is 12.4 Å². The first kappa shape index (κ1) is 20.1. The van der Waals surface area contributed by atoms with E-state index in [0.29, 0.717) is 5.82 Å². The van der Waals surface area contributed by atoms with E-state index in [1.807, 2.05) is 25.2 Å². The van der Waals surface area contributed by atoms with Gasteiger partial charge in [-0.05, 0) is 48.4 Å². The lowest BCUT2D eigenvalue weighted by Crippen LogP contribution is -2.36. The maximum Gasteiger partial charge on any atom is 0.205 e. The number of rotatable bonds is 6. The summed E-state index contributed by atoms with van der Waals surface area (Å²) in [6.45, 7) is 5.06. The molecule has 0 saturated carbocycles. The normalized spacial score (nSPS) is 15.2. The number of aromatic nitrogens is 5. The van der Waals surface area contributed by atoms with E-state index in [2.05, 4.69) is 91.1 Å². The molecule has 0 spiro atoms. The number of hydrogen-bond acceptors (Lipinski definition) is 6. The molecule has 0 saturated heterocycles. The molecule has 2 aromatic heterocycles. The van der Waals surface area contributed by atoms with Gasteiger partial charge in [-0.2, -0.15) is 5.21 Å². The van der Waals surface area contributed by atoms with Crippen molar-refractivity contribution in [1.82, 2.24) is 30.5 Å². The Balaban J connectivity index is 1.46. The van der Waals surface area contributed by atoms with Gasteiger partial charge in [-0.15, -0.1) is 10.2 Å². The fraction of sp³-hybridized carbons (Fsp3) is 0.250. The molecule has 0 fully saturated rings. The number of anilines is 1. The van der Waals surface area contributed by atoms with E-state index in [9.17, 15) is 0 Å². The first-order valence-corrected chi connectivity index (χ1v) is 10.8. The van der Waals surface area contributed by atoms with Crippen LogP contribution in [0.1, 0.15) is 30.7 Å². The molecule has 1 atom stereocenters. The van der Waals surface area contributed by atoms with Gasteiger partial charge in [0.2, 0.25) is 5.82 Å². The van der Waals surface area contributed by atoms with Gasteiger partial charge in [-0.1, -0.05) is 55.5 Å². The summed E-state index contributed by atoms with van der Waals surface area (Å²) in [4.78, 5) is 4.68. The van der Waals surface area contributed by atoms with Crippen molar-refractivity contribution in [2.45, 2.75) is 33.1 Å². The topological polar surface area (TPSA) is 95.8 Å². The largest absolute Gasteiger partial charge is 0.337 e. The van der Waals surface area contributed by atoms with Gasteiger partial charge in [0.05, 0.1) is 0 Å². The number of tetrazole rings is 1. The summed E-state index contributed by atoms with van der Waals surface area (Å²) in [5.74, 6) is 1.72. The van der Waals surface area contributed by atoms with Crippen LogP contribution in [0.25, 0.3) is 22.5 Å². The van der Waals surface area contributed by atoms with Gasteiger partial charge in [0.1, 0.15) is 5.82 Å². The van der Waals surface area contributed by atoms with Crippen LogP contribution in [0.2, 0.25) is 0 Å². The molecule has 3 heterocycles. The molecule has 1 aliphatic rings. The lowest BCUT2D eigenvalue weighted by atomic mass is 9.98. The number of aromatic amines is 1. The van der Waals surface area contributed by atoms with Crippen LogP contribution in [0, 0.1) is 0 Å². The van der Waals surface area contributed by atoms with E-state index in [0.717, 1.165) is 41.2 Å². The van der Waals surface area contributed by atoms with Crippen molar-refractivity contribution in [2.24, 2.45) is 4.99 Å². The van der Waals surface area contributed by atoms with Crippen LogP contribution in [0.4, 0.5) is 5.82 Å². The second kappa shape index (κ2) is 8.39. The van der Waals surface area contributed by atoms with Crippen LogP contribution in [0.3, 0.4) is 0 Å². The van der Waals surface area contributed by atoms with Crippen LogP contribution in [0.5, 0.6) is 0 Å². The molecule has 162 valence electrons. The zero-order valence-electron chi connectivity index (χ0n) is 18.4. The molecule has 1 unspecified atom stereocenters. The highest BCUT2D eigenvalue weighted by molar-refractivity contribution is 6.04. The molecule has 32 heavy (non-hydrogen) atoms. The Bertz CT molecular complexity index is 1250. The minimum Gasteiger partial charge on any atom is -0.337 e. The second-order valence-electron chi connectivity index (χ2n) is 7.87. The number of fused-ring (bicyclic) bond motifs is 1. The van der Waals surface area contributed by atoms with Crippen molar-refractivity contribution >= 4 is 11.5 Å². The van der Waals surface area contributed by atoms with Gasteiger partial charge < -0.3 is 9.88 Å². The molecule has 3 N–H and O–H groups in total. The van der Waals surface area contributed by atoms with Crippen molar-refractivity contribution < 1.29 is 0 Å². The van der Waals surface area contributed by atoms with E-state index in [1.165, 1.54) is 16.8 Å². The van der Waals surface area contributed by atoms with Crippen LogP contribution in [0.15, 0.2) is 59.6 Å². The smallest absolute Gasteiger partial charge is 0.205 e. The Labute approximate surface area is 186 Å². The number of nitrogens with one attached hydrogen (secondary N) is 3. The van der Waals surface area contributed by atoms with Crippen LogP contribution in [-0.2, 0) is 13.0 Å². The van der Waals surface area contributed by atoms with Gasteiger partial charge >= 0.3 is 0 Å². The Hall–Kier alpha value is -3.78. The summed E-state index contributed by atoms with van der Waals surface area (Å²) in [6.07, 6.45) is 0.854. The van der Waals surface area contributed by atoms with E-state index in [4.69, 9.17) is 0 Å². The van der Waals surface area contributed by atoms with Crippen molar-refractivity contribution in [3.05, 3.63) is 71.4 Å². The van der Waals surface area contributed by atoms with Gasteiger partial charge in [-0.25, -0.2) is 4.99 Å². The molecule has 0 amide bonds. The first-order valence-electron chi connectivity index (χ1n) is 10.8. The van der Waals surface area contributed by atoms with Crippen LogP contribution in [-0.4, -0.2) is 44.2 Å². The third kappa shape index (κ3) is 3.58. The van der Waals surface area contributed by atoms with Crippen LogP contribution >= 0.6 is 0 Å². The van der Waals surface area contributed by atoms with E-state index in [-0.39, 0.29) is 6.29 Å². The Morgan fingerprint density at radius 2 is 1.81 bits per heavy atom. The fourth-order valence-electron chi connectivity index (χ4n) is 4.25. The maximum atomic E-state index is 4.68. The maximum absolute atomic E-state index is 4.68. The quantitative estimate of drug-likeness (QED) is 0.437. The molecule has 0 bridgehead atoms. The zero-order chi connectivity index (χ0) is 22.1. The second-order valence-corrected chi connectivity index (χ2v) is 7.87. The molecular weight excluding hydrogens is 400 g/mol. The van der Waals surface area contributed by atoms with Gasteiger partial charge in [-0.3, -0.25) is 5.32 Å². The summed E-state index contributed by atoms with van der Waals surface area (Å²) < 4.78 is 2.36. The van der Waals surface area contributed by atoms with Crippen LogP contribution < -0.4 is 10.6 Å². The van der Waals surface area contributed by atoms with E-state index >= 15 is 0 Å². The minimum atomic E-state index is -0.107. The Morgan fingerprint density at radius 3 is 2.50 bits per heavy atom. The molecule has 2 aromatic carbocycles. The van der Waals surface area contributed by atoms with Crippen molar-refractivity contribution in [3.63, 3.8) is 0 Å². The average Bonchev–Trinajstić information content (AvgIpc) is 3.48. The summed E-state index contributed by atoms with van der Waals surface area (Å²) in [6, 6.07) is 19.1. The number of benzene rings is 2. The number of aliphatic imine (C=N–C) groups is 1. The highest BCUT2D eigenvalue weighted by Gasteiger charge is 2.23. The third-order valence-electron chi connectivity index (χ3n) is 5.92. The summed E-state index contributed by atoms with van der Waals surface area (Å²) in [5.41, 5.74) is 7.93.